The molecule has 0 aromatic heterocycles. The molecule has 2 aromatic rings. The first kappa shape index (κ1) is 16.6. The first-order valence-corrected chi connectivity index (χ1v) is 9.10. The Kier molecular flexibility index (Phi) is 4.38. The predicted molar refractivity (Wildman–Crippen MR) is 87.2 cm³/mol. The van der Waals surface area contributed by atoms with Crippen LogP contribution in [-0.2, 0) is 10.0 Å². The number of nitrogens with zero attached hydrogens (tertiary/aromatic N) is 1. The molecule has 1 amide bonds. The average molecular weight is 348 g/mol. The molecule has 1 saturated heterocycles. The number of primary sulfonamides is 1. The number of carbonyl (C=O) groups is 1. The van der Waals surface area contributed by atoms with Crippen molar-refractivity contribution in [1.29, 1.82) is 0 Å². The molecule has 1 heterocycles. The quantitative estimate of drug-likeness (QED) is 0.925. The van der Waals surface area contributed by atoms with E-state index in [2.05, 4.69) is 0 Å². The predicted octanol–water partition coefficient (Wildman–Crippen LogP) is 2.45. The Hall–Kier alpha value is -2.25. The maximum Gasteiger partial charge on any atom is 0.254 e. The van der Waals surface area contributed by atoms with Gasteiger partial charge in [0.2, 0.25) is 10.0 Å². The van der Waals surface area contributed by atoms with Crippen molar-refractivity contribution in [2.24, 2.45) is 5.14 Å². The molecule has 0 radical (unpaired) electrons. The lowest BCUT2D eigenvalue weighted by molar-refractivity contribution is 0.0735. The van der Waals surface area contributed by atoms with Crippen molar-refractivity contribution in [3.63, 3.8) is 0 Å². The number of rotatable bonds is 3. The van der Waals surface area contributed by atoms with Gasteiger partial charge in [-0.1, -0.05) is 12.1 Å². The van der Waals surface area contributed by atoms with E-state index in [1.807, 2.05) is 6.07 Å². The third kappa shape index (κ3) is 3.32. The van der Waals surface area contributed by atoms with Crippen molar-refractivity contribution in [3.05, 3.63) is 65.5 Å². The van der Waals surface area contributed by atoms with Crippen LogP contribution >= 0.6 is 0 Å². The Labute approximate surface area is 139 Å². The van der Waals surface area contributed by atoms with Gasteiger partial charge in [-0.25, -0.2) is 17.9 Å². The van der Waals surface area contributed by atoms with Gasteiger partial charge in [0.1, 0.15) is 5.82 Å². The first-order chi connectivity index (χ1) is 11.4. The summed E-state index contributed by atoms with van der Waals surface area (Å²) in [6.07, 6.45) is 1.60. The van der Waals surface area contributed by atoms with Gasteiger partial charge in [0.15, 0.2) is 0 Å². The highest BCUT2D eigenvalue weighted by Gasteiger charge is 2.30. The third-order valence-electron chi connectivity index (χ3n) is 4.18. The van der Waals surface area contributed by atoms with E-state index in [9.17, 15) is 17.6 Å². The monoisotopic (exact) mass is 348 g/mol. The van der Waals surface area contributed by atoms with Gasteiger partial charge in [0.05, 0.1) is 10.9 Å². The van der Waals surface area contributed by atoms with Crippen LogP contribution in [0.5, 0.6) is 0 Å². The summed E-state index contributed by atoms with van der Waals surface area (Å²) in [6.45, 7) is 0.580. The van der Waals surface area contributed by atoms with Crippen LogP contribution in [0, 0.1) is 5.82 Å². The van der Waals surface area contributed by atoms with Crippen molar-refractivity contribution in [2.75, 3.05) is 6.54 Å². The number of benzene rings is 2. The van der Waals surface area contributed by atoms with E-state index in [0.717, 1.165) is 18.4 Å². The molecule has 0 aliphatic carbocycles. The smallest absolute Gasteiger partial charge is 0.254 e. The van der Waals surface area contributed by atoms with Crippen molar-refractivity contribution in [2.45, 2.75) is 23.8 Å². The third-order valence-corrected chi connectivity index (χ3v) is 5.11. The standard InChI is InChI=1S/C17H17FN2O3S/c18-14-4-1-3-13(11-14)16-5-2-10-20(16)17(21)12-6-8-15(9-7-12)24(19,22)23/h1,3-4,6-9,11,16H,2,5,10H2,(H2,19,22,23)/t16-/m0/s1. The van der Waals surface area contributed by atoms with Gasteiger partial charge in [-0.3, -0.25) is 4.79 Å². The Bertz CT molecular complexity index is 866. The van der Waals surface area contributed by atoms with Gasteiger partial charge in [-0.15, -0.1) is 0 Å². The van der Waals surface area contributed by atoms with Gasteiger partial charge in [0.25, 0.3) is 5.91 Å². The Morgan fingerprint density at radius 2 is 1.88 bits per heavy atom. The maximum absolute atomic E-state index is 13.5. The fraction of sp³-hybridized carbons (Fsp3) is 0.235. The van der Waals surface area contributed by atoms with Gasteiger partial charge >= 0.3 is 0 Å². The molecular weight excluding hydrogens is 331 g/mol. The second-order valence-corrected chi connectivity index (χ2v) is 7.34. The lowest BCUT2D eigenvalue weighted by Gasteiger charge is -2.25. The van der Waals surface area contributed by atoms with E-state index in [-0.39, 0.29) is 22.7 Å². The van der Waals surface area contributed by atoms with Crippen molar-refractivity contribution < 1.29 is 17.6 Å². The normalized spacial score (nSPS) is 17.9. The fourth-order valence-corrected chi connectivity index (χ4v) is 3.54. The van der Waals surface area contributed by atoms with Crippen LogP contribution in [0.1, 0.15) is 34.8 Å². The summed E-state index contributed by atoms with van der Waals surface area (Å²) in [5.41, 5.74) is 1.15. The molecule has 5 nitrogen and oxygen atoms in total. The molecule has 1 aliphatic rings. The largest absolute Gasteiger partial charge is 0.332 e. The van der Waals surface area contributed by atoms with Crippen LogP contribution in [0.2, 0.25) is 0 Å². The molecule has 7 heteroatoms. The second kappa shape index (κ2) is 6.33. The Morgan fingerprint density at radius 3 is 2.50 bits per heavy atom. The number of hydrogen-bond acceptors (Lipinski definition) is 3. The number of sulfonamides is 1. The Balaban J connectivity index is 1.86. The summed E-state index contributed by atoms with van der Waals surface area (Å²) >= 11 is 0. The molecule has 0 saturated carbocycles. The topological polar surface area (TPSA) is 80.5 Å². The van der Waals surface area contributed by atoms with Crippen molar-refractivity contribution >= 4 is 15.9 Å². The number of amides is 1. The van der Waals surface area contributed by atoms with E-state index < -0.39 is 10.0 Å². The molecule has 3 rings (SSSR count). The molecule has 1 fully saturated rings. The molecule has 1 atom stereocenters. The average Bonchev–Trinajstić information content (AvgIpc) is 3.03. The highest BCUT2D eigenvalue weighted by molar-refractivity contribution is 7.89. The minimum absolute atomic E-state index is 0.0397. The first-order valence-electron chi connectivity index (χ1n) is 7.55. The molecule has 1 aliphatic heterocycles. The molecule has 0 unspecified atom stereocenters. The molecule has 0 spiro atoms. The number of carbonyl (C=O) groups excluding carboxylic acids is 1. The molecule has 2 aromatic carbocycles. The molecule has 2 N–H and O–H groups in total. The summed E-state index contributed by atoms with van der Waals surface area (Å²) < 4.78 is 36.0. The Morgan fingerprint density at radius 1 is 1.17 bits per heavy atom. The maximum atomic E-state index is 13.5. The number of hydrogen-bond donors (Lipinski definition) is 1. The second-order valence-electron chi connectivity index (χ2n) is 5.78. The van der Waals surface area contributed by atoms with Crippen LogP contribution in [0.3, 0.4) is 0 Å². The molecule has 0 bridgehead atoms. The lowest BCUT2D eigenvalue weighted by Crippen LogP contribution is -2.30. The zero-order valence-corrected chi connectivity index (χ0v) is 13.7. The van der Waals surface area contributed by atoms with E-state index in [1.54, 1.807) is 11.0 Å². The van der Waals surface area contributed by atoms with Gasteiger partial charge in [-0.2, -0.15) is 0 Å². The lowest BCUT2D eigenvalue weighted by atomic mass is 10.0. The fourth-order valence-electron chi connectivity index (χ4n) is 3.02. The number of halogens is 1. The van der Waals surface area contributed by atoms with E-state index in [4.69, 9.17) is 5.14 Å². The van der Waals surface area contributed by atoms with Crippen LogP contribution in [-0.4, -0.2) is 25.8 Å². The van der Waals surface area contributed by atoms with Crippen LogP contribution in [0.15, 0.2) is 53.4 Å². The van der Waals surface area contributed by atoms with Crippen LogP contribution in [0.25, 0.3) is 0 Å². The zero-order chi connectivity index (χ0) is 17.3. The minimum Gasteiger partial charge on any atom is -0.332 e. The highest BCUT2D eigenvalue weighted by atomic mass is 32.2. The van der Waals surface area contributed by atoms with Gasteiger partial charge < -0.3 is 4.90 Å². The van der Waals surface area contributed by atoms with Crippen LogP contribution in [0.4, 0.5) is 4.39 Å². The molecule has 24 heavy (non-hydrogen) atoms. The summed E-state index contributed by atoms with van der Waals surface area (Å²) in [5, 5.41) is 5.06. The summed E-state index contributed by atoms with van der Waals surface area (Å²) in [6, 6.07) is 11.6. The molecule has 126 valence electrons. The van der Waals surface area contributed by atoms with Crippen LogP contribution < -0.4 is 5.14 Å². The summed E-state index contributed by atoms with van der Waals surface area (Å²) in [7, 11) is -3.79. The zero-order valence-electron chi connectivity index (χ0n) is 12.9. The van der Waals surface area contributed by atoms with E-state index in [1.165, 1.54) is 36.4 Å². The van der Waals surface area contributed by atoms with E-state index in [0.29, 0.717) is 12.1 Å². The summed E-state index contributed by atoms with van der Waals surface area (Å²) in [4.78, 5) is 14.4. The van der Waals surface area contributed by atoms with Crippen molar-refractivity contribution in [1.82, 2.24) is 4.90 Å². The number of nitrogens with two attached hydrogens (primary N) is 1. The van der Waals surface area contributed by atoms with E-state index >= 15 is 0 Å². The number of likely N-dealkylation sites (tertiary alicyclic amines) is 1. The molecular formula is C17H17FN2O3S. The van der Waals surface area contributed by atoms with Gasteiger partial charge in [-0.05, 0) is 54.8 Å². The van der Waals surface area contributed by atoms with Crippen molar-refractivity contribution in [3.8, 4) is 0 Å². The summed E-state index contributed by atoms with van der Waals surface area (Å²) in [5.74, 6) is -0.535. The minimum atomic E-state index is -3.79. The highest BCUT2D eigenvalue weighted by Crippen LogP contribution is 2.33. The SMILES string of the molecule is NS(=O)(=O)c1ccc(C(=O)N2CCC[C@H]2c2cccc(F)c2)cc1. The van der Waals surface area contributed by atoms with Gasteiger partial charge in [0, 0.05) is 12.1 Å².